The summed E-state index contributed by atoms with van der Waals surface area (Å²) >= 11 is 3.51. The van der Waals surface area contributed by atoms with Crippen molar-refractivity contribution in [3.63, 3.8) is 0 Å². The molecule has 1 aromatic carbocycles. The lowest BCUT2D eigenvalue weighted by Crippen LogP contribution is -2.35. The van der Waals surface area contributed by atoms with Crippen molar-refractivity contribution in [2.24, 2.45) is 11.8 Å². The number of hydrazine groups is 1. The average molecular weight is 297 g/mol. The molecule has 0 aromatic heterocycles. The predicted octanol–water partition coefficient (Wildman–Crippen LogP) is 3.84. The number of rotatable bonds is 3. The van der Waals surface area contributed by atoms with Gasteiger partial charge in [-0.15, -0.1) is 0 Å². The van der Waals surface area contributed by atoms with Crippen LogP contribution in [-0.4, -0.2) is 0 Å². The van der Waals surface area contributed by atoms with Gasteiger partial charge >= 0.3 is 0 Å². The van der Waals surface area contributed by atoms with Crippen molar-refractivity contribution in [3.05, 3.63) is 33.8 Å². The largest absolute Gasteiger partial charge is 0.271 e. The summed E-state index contributed by atoms with van der Waals surface area (Å²) in [6.45, 7) is 2.16. The van der Waals surface area contributed by atoms with Crippen molar-refractivity contribution < 1.29 is 0 Å². The molecule has 0 amide bonds. The third-order valence-corrected chi connectivity index (χ3v) is 4.36. The number of halogens is 1. The molecule has 0 saturated heterocycles. The Morgan fingerprint density at radius 1 is 1.29 bits per heavy atom. The molecule has 1 saturated carbocycles. The molecule has 1 unspecified atom stereocenters. The van der Waals surface area contributed by atoms with Gasteiger partial charge in [0.05, 0.1) is 0 Å². The Kier molecular flexibility index (Phi) is 4.60. The number of nitrogens with two attached hydrogens (primary N) is 1. The maximum absolute atomic E-state index is 5.78. The lowest BCUT2D eigenvalue weighted by molar-refractivity contribution is 0.273. The van der Waals surface area contributed by atoms with Crippen LogP contribution in [0, 0.1) is 12.8 Å². The summed E-state index contributed by atoms with van der Waals surface area (Å²) in [6.07, 6.45) is 6.67. The molecule has 2 rings (SSSR count). The zero-order chi connectivity index (χ0) is 12.3. The molecule has 1 fully saturated rings. The Hall–Kier alpha value is -0.380. The highest BCUT2D eigenvalue weighted by molar-refractivity contribution is 9.10. The SMILES string of the molecule is Cc1cc(Br)ccc1C(NN)C1CCCCC1. The topological polar surface area (TPSA) is 38.0 Å². The van der Waals surface area contributed by atoms with Crippen molar-refractivity contribution in [2.75, 3.05) is 0 Å². The van der Waals surface area contributed by atoms with Crippen LogP contribution in [0.15, 0.2) is 22.7 Å². The van der Waals surface area contributed by atoms with Gasteiger partial charge < -0.3 is 0 Å². The lowest BCUT2D eigenvalue weighted by Gasteiger charge is -2.31. The Bertz CT molecular complexity index is 372. The molecular weight excluding hydrogens is 276 g/mol. The van der Waals surface area contributed by atoms with E-state index in [9.17, 15) is 0 Å². The van der Waals surface area contributed by atoms with Crippen LogP contribution in [0.4, 0.5) is 0 Å². The Labute approximate surface area is 112 Å². The molecule has 0 bridgehead atoms. The average Bonchev–Trinajstić information content (AvgIpc) is 2.34. The number of benzene rings is 1. The van der Waals surface area contributed by atoms with Gasteiger partial charge in [0, 0.05) is 10.5 Å². The van der Waals surface area contributed by atoms with Gasteiger partial charge in [-0.2, -0.15) is 0 Å². The minimum atomic E-state index is 0.309. The number of hydrogen-bond donors (Lipinski definition) is 2. The van der Waals surface area contributed by atoms with Crippen molar-refractivity contribution in [2.45, 2.75) is 45.1 Å². The van der Waals surface area contributed by atoms with E-state index in [1.165, 1.54) is 43.2 Å². The van der Waals surface area contributed by atoms with Crippen LogP contribution in [0.3, 0.4) is 0 Å². The Morgan fingerprint density at radius 2 is 2.00 bits per heavy atom. The van der Waals surface area contributed by atoms with Gasteiger partial charge in [0.2, 0.25) is 0 Å². The van der Waals surface area contributed by atoms with Crippen LogP contribution < -0.4 is 11.3 Å². The maximum atomic E-state index is 5.78. The number of aryl methyl sites for hydroxylation is 1. The van der Waals surface area contributed by atoms with Gasteiger partial charge in [0.1, 0.15) is 0 Å². The normalized spacial score (nSPS) is 19.2. The van der Waals surface area contributed by atoms with Gasteiger partial charge in [-0.05, 0) is 48.9 Å². The molecular formula is C14H21BrN2. The van der Waals surface area contributed by atoms with Crippen LogP contribution in [-0.2, 0) is 0 Å². The first-order valence-corrected chi connectivity index (χ1v) is 7.24. The van der Waals surface area contributed by atoms with Crippen molar-refractivity contribution in [3.8, 4) is 0 Å². The molecule has 1 aliphatic carbocycles. The molecule has 0 heterocycles. The molecule has 3 N–H and O–H groups in total. The van der Waals surface area contributed by atoms with E-state index in [2.05, 4.69) is 46.5 Å². The summed E-state index contributed by atoms with van der Waals surface area (Å²) in [7, 11) is 0. The van der Waals surface area contributed by atoms with Crippen LogP contribution in [0.2, 0.25) is 0 Å². The molecule has 0 radical (unpaired) electrons. The van der Waals surface area contributed by atoms with Gasteiger partial charge in [0.25, 0.3) is 0 Å². The van der Waals surface area contributed by atoms with E-state index >= 15 is 0 Å². The van der Waals surface area contributed by atoms with Crippen molar-refractivity contribution in [1.82, 2.24) is 5.43 Å². The fourth-order valence-electron chi connectivity index (χ4n) is 2.94. The van der Waals surface area contributed by atoms with Crippen molar-refractivity contribution >= 4 is 15.9 Å². The first-order valence-electron chi connectivity index (χ1n) is 6.44. The standard InChI is InChI=1S/C14H21BrN2/c1-10-9-12(15)7-8-13(10)14(17-16)11-5-3-2-4-6-11/h7-9,11,14,17H,2-6,16H2,1H3. The van der Waals surface area contributed by atoms with E-state index in [0.717, 1.165) is 4.47 Å². The van der Waals surface area contributed by atoms with Gasteiger partial charge in [-0.25, -0.2) is 0 Å². The van der Waals surface area contributed by atoms with Gasteiger partial charge in [-0.3, -0.25) is 11.3 Å². The summed E-state index contributed by atoms with van der Waals surface area (Å²) in [5.41, 5.74) is 5.70. The molecule has 0 aliphatic heterocycles. The molecule has 2 nitrogen and oxygen atoms in total. The van der Waals surface area contributed by atoms with Gasteiger partial charge in [0.15, 0.2) is 0 Å². The zero-order valence-corrected chi connectivity index (χ0v) is 12.0. The quantitative estimate of drug-likeness (QED) is 0.657. The minimum absolute atomic E-state index is 0.309. The molecule has 0 spiro atoms. The molecule has 1 aromatic rings. The maximum Gasteiger partial charge on any atom is 0.0490 e. The number of hydrogen-bond acceptors (Lipinski definition) is 2. The minimum Gasteiger partial charge on any atom is -0.271 e. The van der Waals surface area contributed by atoms with Crippen LogP contribution in [0.25, 0.3) is 0 Å². The number of nitrogens with one attached hydrogen (secondary N) is 1. The third kappa shape index (κ3) is 3.09. The summed E-state index contributed by atoms with van der Waals surface area (Å²) in [5.74, 6) is 6.47. The second-order valence-electron chi connectivity index (χ2n) is 5.04. The Morgan fingerprint density at radius 3 is 2.59 bits per heavy atom. The van der Waals surface area contributed by atoms with Crippen molar-refractivity contribution in [1.29, 1.82) is 0 Å². The highest BCUT2D eigenvalue weighted by Crippen LogP contribution is 2.35. The molecule has 1 aliphatic rings. The van der Waals surface area contributed by atoms with Crippen LogP contribution >= 0.6 is 15.9 Å². The van der Waals surface area contributed by atoms with Crippen LogP contribution in [0.1, 0.15) is 49.3 Å². The van der Waals surface area contributed by atoms with E-state index in [1.54, 1.807) is 0 Å². The van der Waals surface area contributed by atoms with Gasteiger partial charge in [-0.1, -0.05) is 41.3 Å². The zero-order valence-electron chi connectivity index (χ0n) is 10.4. The first kappa shape index (κ1) is 13.1. The molecule has 94 valence electrons. The summed E-state index contributed by atoms with van der Waals surface area (Å²) in [5, 5.41) is 0. The fraction of sp³-hybridized carbons (Fsp3) is 0.571. The monoisotopic (exact) mass is 296 g/mol. The highest BCUT2D eigenvalue weighted by Gasteiger charge is 2.25. The third-order valence-electron chi connectivity index (χ3n) is 3.87. The molecule has 17 heavy (non-hydrogen) atoms. The highest BCUT2D eigenvalue weighted by atomic mass is 79.9. The lowest BCUT2D eigenvalue weighted by atomic mass is 9.80. The van der Waals surface area contributed by atoms with Crippen LogP contribution in [0.5, 0.6) is 0 Å². The summed E-state index contributed by atoms with van der Waals surface area (Å²) < 4.78 is 1.14. The second-order valence-corrected chi connectivity index (χ2v) is 5.96. The molecule has 1 atom stereocenters. The summed E-state index contributed by atoms with van der Waals surface area (Å²) in [4.78, 5) is 0. The van der Waals surface area contributed by atoms with E-state index in [-0.39, 0.29) is 0 Å². The fourth-order valence-corrected chi connectivity index (χ4v) is 3.41. The smallest absolute Gasteiger partial charge is 0.0490 e. The van der Waals surface area contributed by atoms with E-state index < -0.39 is 0 Å². The summed E-state index contributed by atoms with van der Waals surface area (Å²) in [6, 6.07) is 6.78. The Balaban J connectivity index is 2.21. The molecule has 3 heteroatoms. The predicted molar refractivity (Wildman–Crippen MR) is 75.5 cm³/mol. The van der Waals surface area contributed by atoms with E-state index in [1.807, 2.05) is 0 Å². The van der Waals surface area contributed by atoms with E-state index in [0.29, 0.717) is 12.0 Å². The first-order chi connectivity index (χ1) is 8.22. The second kappa shape index (κ2) is 5.98. The van der Waals surface area contributed by atoms with E-state index in [4.69, 9.17) is 5.84 Å².